The van der Waals surface area contributed by atoms with Gasteiger partial charge in [-0.25, -0.2) is 0 Å². The van der Waals surface area contributed by atoms with Gasteiger partial charge in [0.1, 0.15) is 5.75 Å². The number of benzene rings is 1. The van der Waals surface area contributed by atoms with E-state index in [4.69, 9.17) is 4.74 Å². The third kappa shape index (κ3) is 6.09. The molecule has 0 unspecified atom stereocenters. The van der Waals surface area contributed by atoms with Crippen LogP contribution in [0.3, 0.4) is 0 Å². The van der Waals surface area contributed by atoms with Gasteiger partial charge in [-0.3, -0.25) is 0 Å². The van der Waals surface area contributed by atoms with E-state index in [-0.39, 0.29) is 12.4 Å². The van der Waals surface area contributed by atoms with Crippen LogP contribution in [0.4, 0.5) is 0 Å². The van der Waals surface area contributed by atoms with Gasteiger partial charge < -0.3 is 10.1 Å². The second-order valence-corrected chi connectivity index (χ2v) is 7.27. The van der Waals surface area contributed by atoms with Crippen molar-refractivity contribution >= 4 is 44.3 Å². The molecule has 1 N–H and O–H groups in total. The molecule has 0 aliphatic heterocycles. The number of nitrogens with one attached hydrogen (secondary N) is 1. The van der Waals surface area contributed by atoms with Crippen molar-refractivity contribution in [2.24, 2.45) is 0 Å². The predicted octanol–water partition coefficient (Wildman–Crippen LogP) is 5.84. The van der Waals surface area contributed by atoms with E-state index in [1.807, 2.05) is 6.07 Å². The van der Waals surface area contributed by atoms with Gasteiger partial charge in [0.05, 0.1) is 11.6 Å². The highest BCUT2D eigenvalue weighted by Gasteiger charge is 2.13. The molecule has 1 saturated carbocycles. The second-order valence-electron chi connectivity index (χ2n) is 5.50. The van der Waals surface area contributed by atoms with Crippen LogP contribution in [-0.4, -0.2) is 13.2 Å². The van der Waals surface area contributed by atoms with E-state index in [0.717, 1.165) is 21.2 Å². The summed E-state index contributed by atoms with van der Waals surface area (Å²) in [5.41, 5.74) is 1.20. The minimum atomic E-state index is 0. The molecule has 2 nitrogen and oxygen atoms in total. The Morgan fingerprint density at radius 2 is 1.71 bits per heavy atom. The molecule has 0 radical (unpaired) electrons. The molecule has 0 bridgehead atoms. The van der Waals surface area contributed by atoms with Crippen molar-refractivity contribution in [3.63, 3.8) is 0 Å². The fourth-order valence-electron chi connectivity index (χ4n) is 2.89. The number of hydrogen-bond acceptors (Lipinski definition) is 2. The standard InChI is InChI=1S/C16H23Br2NO.ClH/c1-20-16-12(9-13(17)10-15(16)18)11-19-14-7-5-3-2-4-6-8-14;/h9-10,14,19H,2-8,11H2,1H3;1H. The summed E-state index contributed by atoms with van der Waals surface area (Å²) >= 11 is 7.12. The van der Waals surface area contributed by atoms with Gasteiger partial charge in [-0.2, -0.15) is 0 Å². The highest BCUT2D eigenvalue weighted by atomic mass is 79.9. The van der Waals surface area contributed by atoms with E-state index in [1.165, 1.54) is 50.5 Å². The average molecular weight is 442 g/mol. The maximum Gasteiger partial charge on any atom is 0.137 e. The lowest BCUT2D eigenvalue weighted by molar-refractivity contribution is 0.377. The Balaban J connectivity index is 0.00000220. The topological polar surface area (TPSA) is 21.3 Å². The second kappa shape index (κ2) is 10.1. The maximum atomic E-state index is 5.51. The van der Waals surface area contributed by atoms with Crippen molar-refractivity contribution in [2.75, 3.05) is 7.11 Å². The molecule has 1 aliphatic rings. The molecule has 2 rings (SSSR count). The van der Waals surface area contributed by atoms with Gasteiger partial charge >= 0.3 is 0 Å². The van der Waals surface area contributed by atoms with Crippen molar-refractivity contribution in [1.82, 2.24) is 5.32 Å². The molecule has 120 valence electrons. The van der Waals surface area contributed by atoms with Crippen LogP contribution in [0.1, 0.15) is 50.5 Å². The first-order valence-electron chi connectivity index (χ1n) is 7.46. The minimum absolute atomic E-state index is 0. The Morgan fingerprint density at radius 3 is 2.33 bits per heavy atom. The summed E-state index contributed by atoms with van der Waals surface area (Å²) in [6.07, 6.45) is 9.52. The Morgan fingerprint density at radius 1 is 1.10 bits per heavy atom. The number of halogens is 3. The smallest absolute Gasteiger partial charge is 0.137 e. The normalized spacial score (nSPS) is 16.7. The van der Waals surface area contributed by atoms with E-state index in [2.05, 4.69) is 43.2 Å². The fraction of sp³-hybridized carbons (Fsp3) is 0.625. The van der Waals surface area contributed by atoms with Gasteiger partial charge in [-0.15, -0.1) is 12.4 Å². The predicted molar refractivity (Wildman–Crippen MR) is 98.6 cm³/mol. The quantitative estimate of drug-likeness (QED) is 0.633. The molecule has 1 aromatic rings. The molecule has 21 heavy (non-hydrogen) atoms. The third-order valence-electron chi connectivity index (χ3n) is 3.98. The molecule has 1 aromatic carbocycles. The maximum absolute atomic E-state index is 5.51. The molecule has 0 amide bonds. The highest BCUT2D eigenvalue weighted by molar-refractivity contribution is 9.11. The van der Waals surface area contributed by atoms with E-state index in [0.29, 0.717) is 6.04 Å². The number of hydrogen-bond donors (Lipinski definition) is 1. The van der Waals surface area contributed by atoms with Gasteiger partial charge in [-0.05, 0) is 40.9 Å². The van der Waals surface area contributed by atoms with Crippen molar-refractivity contribution in [2.45, 2.75) is 57.5 Å². The van der Waals surface area contributed by atoms with E-state index < -0.39 is 0 Å². The molecule has 0 spiro atoms. The lowest BCUT2D eigenvalue weighted by atomic mass is 9.96. The average Bonchev–Trinajstić information content (AvgIpc) is 2.37. The molecule has 5 heteroatoms. The number of rotatable bonds is 4. The van der Waals surface area contributed by atoms with Crippen molar-refractivity contribution in [1.29, 1.82) is 0 Å². The molecular formula is C16H24Br2ClNO. The molecular weight excluding hydrogens is 417 g/mol. The van der Waals surface area contributed by atoms with Gasteiger partial charge in [0.2, 0.25) is 0 Å². The SMILES string of the molecule is COc1c(Br)cc(Br)cc1CNC1CCCCCCC1.Cl. The third-order valence-corrected chi connectivity index (χ3v) is 5.02. The van der Waals surface area contributed by atoms with Crippen LogP contribution in [0.2, 0.25) is 0 Å². The largest absolute Gasteiger partial charge is 0.495 e. The van der Waals surface area contributed by atoms with Crippen LogP contribution in [0.5, 0.6) is 5.75 Å². The molecule has 0 aromatic heterocycles. The van der Waals surface area contributed by atoms with Crippen LogP contribution in [0.25, 0.3) is 0 Å². The van der Waals surface area contributed by atoms with Crippen LogP contribution in [-0.2, 0) is 6.54 Å². The summed E-state index contributed by atoms with van der Waals surface area (Å²) in [6, 6.07) is 4.82. The van der Waals surface area contributed by atoms with Gasteiger partial charge in [0.25, 0.3) is 0 Å². The molecule has 0 atom stereocenters. The van der Waals surface area contributed by atoms with Crippen LogP contribution in [0.15, 0.2) is 21.1 Å². The molecule has 1 fully saturated rings. The Kier molecular flexibility index (Phi) is 9.26. The Labute approximate surface area is 151 Å². The van der Waals surface area contributed by atoms with E-state index >= 15 is 0 Å². The first-order valence-corrected chi connectivity index (χ1v) is 9.04. The van der Waals surface area contributed by atoms with E-state index in [9.17, 15) is 0 Å². The molecule has 1 aliphatic carbocycles. The zero-order valence-electron chi connectivity index (χ0n) is 12.5. The van der Waals surface area contributed by atoms with Gasteiger partial charge in [-0.1, -0.05) is 48.0 Å². The Hall–Kier alpha value is 0.230. The summed E-state index contributed by atoms with van der Waals surface area (Å²) in [6.45, 7) is 0.867. The van der Waals surface area contributed by atoms with Crippen molar-refractivity contribution in [3.05, 3.63) is 26.6 Å². The van der Waals surface area contributed by atoms with Gasteiger partial charge in [0, 0.05) is 22.6 Å². The van der Waals surface area contributed by atoms with Crippen LogP contribution >= 0.6 is 44.3 Å². The summed E-state index contributed by atoms with van der Waals surface area (Å²) in [7, 11) is 1.73. The summed E-state index contributed by atoms with van der Waals surface area (Å²) < 4.78 is 7.59. The lowest BCUT2D eigenvalue weighted by Gasteiger charge is -2.22. The summed E-state index contributed by atoms with van der Waals surface area (Å²) in [5.74, 6) is 0.937. The number of ether oxygens (including phenoxy) is 1. The first-order chi connectivity index (χ1) is 9.70. The summed E-state index contributed by atoms with van der Waals surface area (Å²) in [5, 5.41) is 3.71. The zero-order chi connectivity index (χ0) is 14.4. The van der Waals surface area contributed by atoms with Crippen LogP contribution < -0.4 is 10.1 Å². The van der Waals surface area contributed by atoms with Crippen LogP contribution in [0, 0.1) is 0 Å². The molecule has 0 heterocycles. The zero-order valence-corrected chi connectivity index (χ0v) is 16.4. The first kappa shape index (κ1) is 19.3. The molecule has 0 saturated heterocycles. The fourth-order valence-corrected chi connectivity index (χ4v) is 4.36. The van der Waals surface area contributed by atoms with Gasteiger partial charge in [0.15, 0.2) is 0 Å². The summed E-state index contributed by atoms with van der Waals surface area (Å²) in [4.78, 5) is 0. The minimum Gasteiger partial charge on any atom is -0.495 e. The van der Waals surface area contributed by atoms with Crippen molar-refractivity contribution < 1.29 is 4.74 Å². The number of methoxy groups -OCH3 is 1. The van der Waals surface area contributed by atoms with E-state index in [1.54, 1.807) is 7.11 Å². The highest BCUT2D eigenvalue weighted by Crippen LogP contribution is 2.32. The monoisotopic (exact) mass is 439 g/mol. The lowest BCUT2D eigenvalue weighted by Crippen LogP contribution is -2.29. The Bertz CT molecular complexity index is 435. The van der Waals surface area contributed by atoms with Crippen molar-refractivity contribution in [3.8, 4) is 5.75 Å².